The molecule has 4 aromatic carbocycles. The molecule has 3 amide bonds. The molecule has 0 radical (unpaired) electrons. The van der Waals surface area contributed by atoms with Crippen LogP contribution in [0.25, 0.3) is 0 Å². The Bertz CT molecular complexity index is 1270. The van der Waals surface area contributed by atoms with E-state index in [4.69, 9.17) is 0 Å². The molecule has 198 valence electrons. The molecule has 0 saturated heterocycles. The highest BCUT2D eigenvalue weighted by molar-refractivity contribution is 6.12. The molecule has 0 unspecified atom stereocenters. The maximum Gasteiger partial charge on any atom is 0.255 e. The number of hydrogen-bond acceptors (Lipinski definition) is 3. The van der Waals surface area contributed by atoms with Crippen LogP contribution in [0.1, 0.15) is 68.5 Å². The lowest BCUT2D eigenvalue weighted by molar-refractivity contribution is 0.102. The van der Waals surface area contributed by atoms with Gasteiger partial charge in [0.2, 0.25) is 0 Å². The molecule has 0 spiro atoms. The summed E-state index contributed by atoms with van der Waals surface area (Å²) >= 11 is 0. The van der Waals surface area contributed by atoms with Crippen molar-refractivity contribution in [2.45, 2.75) is 40.0 Å². The van der Waals surface area contributed by atoms with E-state index in [1.54, 1.807) is 0 Å². The number of carbonyl (C=O) groups excluding carboxylic acids is 3. The van der Waals surface area contributed by atoms with Gasteiger partial charge in [-0.15, -0.1) is 0 Å². The van der Waals surface area contributed by atoms with Crippen molar-refractivity contribution in [2.75, 3.05) is 16.0 Å². The molecule has 0 aliphatic rings. The standard InChI is InChI=1S/C33H33N3O3/c1-4-22-7-13-28(14-8-22)34-31(37)25-19-26(32(38)35-29-15-9-23(5-2)10-16-29)21-27(20-25)33(39)36-30-17-11-24(6-3)12-18-30/h7-21H,4-6H2,1-3H3,(H,34,37)(H,35,38)(H,36,39). The van der Waals surface area contributed by atoms with Gasteiger partial charge in [0.05, 0.1) is 0 Å². The van der Waals surface area contributed by atoms with Gasteiger partial charge in [0.15, 0.2) is 0 Å². The maximum atomic E-state index is 13.2. The predicted octanol–water partition coefficient (Wildman–Crippen LogP) is 7.13. The van der Waals surface area contributed by atoms with Gasteiger partial charge >= 0.3 is 0 Å². The van der Waals surface area contributed by atoms with Crippen molar-refractivity contribution in [3.63, 3.8) is 0 Å². The zero-order chi connectivity index (χ0) is 27.8. The van der Waals surface area contributed by atoms with E-state index in [9.17, 15) is 14.4 Å². The number of hydrogen-bond donors (Lipinski definition) is 3. The number of aryl methyl sites for hydroxylation is 3. The minimum absolute atomic E-state index is 0.204. The highest BCUT2D eigenvalue weighted by Crippen LogP contribution is 2.19. The van der Waals surface area contributed by atoms with Crippen LogP contribution in [0.5, 0.6) is 0 Å². The SMILES string of the molecule is CCc1ccc(NC(=O)c2cc(C(=O)Nc3ccc(CC)cc3)cc(C(=O)Nc3ccc(CC)cc3)c2)cc1. The molecule has 0 heterocycles. The fourth-order valence-corrected chi connectivity index (χ4v) is 4.10. The molecule has 0 aliphatic carbocycles. The molecular formula is C33H33N3O3. The van der Waals surface area contributed by atoms with Crippen molar-refractivity contribution in [3.8, 4) is 0 Å². The average Bonchev–Trinajstić information content (AvgIpc) is 2.98. The van der Waals surface area contributed by atoms with E-state index in [1.165, 1.54) is 18.2 Å². The lowest BCUT2D eigenvalue weighted by Gasteiger charge is -2.12. The number of nitrogens with one attached hydrogen (secondary N) is 3. The van der Waals surface area contributed by atoms with Crippen LogP contribution >= 0.6 is 0 Å². The van der Waals surface area contributed by atoms with Gasteiger partial charge in [0.1, 0.15) is 0 Å². The van der Waals surface area contributed by atoms with Gasteiger partial charge in [-0.2, -0.15) is 0 Å². The first-order valence-electron chi connectivity index (χ1n) is 13.2. The quantitative estimate of drug-likeness (QED) is 0.220. The monoisotopic (exact) mass is 519 g/mol. The van der Waals surface area contributed by atoms with E-state index in [1.807, 2.05) is 72.8 Å². The van der Waals surface area contributed by atoms with Crippen LogP contribution in [-0.4, -0.2) is 17.7 Å². The molecule has 0 aromatic heterocycles. The molecule has 0 atom stereocenters. The Kier molecular flexibility index (Phi) is 8.90. The van der Waals surface area contributed by atoms with E-state index >= 15 is 0 Å². The van der Waals surface area contributed by atoms with E-state index in [-0.39, 0.29) is 16.7 Å². The molecule has 6 nitrogen and oxygen atoms in total. The first-order chi connectivity index (χ1) is 18.9. The molecule has 4 aromatic rings. The van der Waals surface area contributed by atoms with Crippen molar-refractivity contribution < 1.29 is 14.4 Å². The summed E-state index contributed by atoms with van der Waals surface area (Å²) < 4.78 is 0. The Morgan fingerprint density at radius 1 is 0.436 bits per heavy atom. The van der Waals surface area contributed by atoms with E-state index < -0.39 is 17.7 Å². The number of rotatable bonds is 9. The van der Waals surface area contributed by atoms with Crippen molar-refractivity contribution >= 4 is 34.8 Å². The molecule has 39 heavy (non-hydrogen) atoms. The summed E-state index contributed by atoms with van der Waals surface area (Å²) in [7, 11) is 0. The Morgan fingerprint density at radius 3 is 0.872 bits per heavy atom. The molecular weight excluding hydrogens is 486 g/mol. The second-order valence-electron chi connectivity index (χ2n) is 9.31. The zero-order valence-corrected chi connectivity index (χ0v) is 22.5. The third-order valence-electron chi connectivity index (χ3n) is 6.58. The number of amides is 3. The number of benzene rings is 4. The van der Waals surface area contributed by atoms with Gasteiger partial charge in [0.25, 0.3) is 17.7 Å². The van der Waals surface area contributed by atoms with Crippen LogP contribution in [0, 0.1) is 0 Å². The van der Waals surface area contributed by atoms with Crippen molar-refractivity contribution in [3.05, 3.63) is 124 Å². The number of anilines is 3. The Labute approximate surface area is 229 Å². The minimum Gasteiger partial charge on any atom is -0.322 e. The van der Waals surface area contributed by atoms with Gasteiger partial charge in [-0.3, -0.25) is 14.4 Å². The summed E-state index contributed by atoms with van der Waals surface area (Å²) in [5, 5.41) is 8.59. The van der Waals surface area contributed by atoms with Crippen LogP contribution in [0.3, 0.4) is 0 Å². The molecule has 6 heteroatoms. The maximum absolute atomic E-state index is 13.2. The second-order valence-corrected chi connectivity index (χ2v) is 9.31. The molecule has 4 rings (SSSR count). The Hall–Kier alpha value is -4.71. The molecule has 3 N–H and O–H groups in total. The third-order valence-corrected chi connectivity index (χ3v) is 6.58. The predicted molar refractivity (Wildman–Crippen MR) is 158 cm³/mol. The molecule has 0 fully saturated rings. The van der Waals surface area contributed by atoms with Gasteiger partial charge in [0, 0.05) is 33.8 Å². The summed E-state index contributed by atoms with van der Waals surface area (Å²) in [4.78, 5) is 39.6. The smallest absolute Gasteiger partial charge is 0.255 e. The largest absolute Gasteiger partial charge is 0.322 e. The average molecular weight is 520 g/mol. The third kappa shape index (κ3) is 7.20. The summed E-state index contributed by atoms with van der Waals surface area (Å²) in [6.07, 6.45) is 2.69. The Morgan fingerprint density at radius 2 is 0.667 bits per heavy atom. The first kappa shape index (κ1) is 27.3. The fourth-order valence-electron chi connectivity index (χ4n) is 4.10. The summed E-state index contributed by atoms with van der Waals surface area (Å²) in [5.41, 5.74) is 5.97. The van der Waals surface area contributed by atoms with Gasteiger partial charge in [-0.25, -0.2) is 0 Å². The topological polar surface area (TPSA) is 87.3 Å². The van der Waals surface area contributed by atoms with Crippen LogP contribution in [0.15, 0.2) is 91.0 Å². The van der Waals surface area contributed by atoms with Crippen molar-refractivity contribution in [1.82, 2.24) is 0 Å². The van der Waals surface area contributed by atoms with Crippen molar-refractivity contribution in [2.24, 2.45) is 0 Å². The normalized spacial score (nSPS) is 10.5. The summed E-state index contributed by atoms with van der Waals surface area (Å²) in [6.45, 7) is 6.19. The fraction of sp³-hybridized carbons (Fsp3) is 0.182. The van der Waals surface area contributed by atoms with Crippen LogP contribution in [-0.2, 0) is 19.3 Å². The number of carbonyl (C=O) groups is 3. The van der Waals surface area contributed by atoms with Gasteiger partial charge < -0.3 is 16.0 Å². The van der Waals surface area contributed by atoms with Gasteiger partial charge in [-0.1, -0.05) is 57.2 Å². The summed E-state index contributed by atoms with van der Waals surface area (Å²) in [5.74, 6) is -1.24. The van der Waals surface area contributed by atoms with Crippen LogP contribution < -0.4 is 16.0 Å². The molecule has 0 aliphatic heterocycles. The highest BCUT2D eigenvalue weighted by Gasteiger charge is 2.17. The van der Waals surface area contributed by atoms with Gasteiger partial charge in [-0.05, 0) is 90.6 Å². The second kappa shape index (κ2) is 12.7. The van der Waals surface area contributed by atoms with Crippen LogP contribution in [0.4, 0.5) is 17.1 Å². The lowest BCUT2D eigenvalue weighted by Crippen LogP contribution is -2.19. The minimum atomic E-state index is -0.414. The van der Waals surface area contributed by atoms with E-state index in [2.05, 4.69) is 36.7 Å². The molecule has 0 bridgehead atoms. The highest BCUT2D eigenvalue weighted by atomic mass is 16.2. The molecule has 0 saturated carbocycles. The van der Waals surface area contributed by atoms with E-state index in [0.29, 0.717) is 17.1 Å². The summed E-state index contributed by atoms with van der Waals surface area (Å²) in [6, 6.07) is 27.2. The van der Waals surface area contributed by atoms with E-state index in [0.717, 1.165) is 36.0 Å². The first-order valence-corrected chi connectivity index (χ1v) is 13.2. The van der Waals surface area contributed by atoms with Crippen molar-refractivity contribution in [1.29, 1.82) is 0 Å². The Balaban J connectivity index is 1.62. The lowest BCUT2D eigenvalue weighted by atomic mass is 10.0. The van der Waals surface area contributed by atoms with Crippen LogP contribution in [0.2, 0.25) is 0 Å². The zero-order valence-electron chi connectivity index (χ0n) is 22.5.